The van der Waals surface area contributed by atoms with E-state index in [1.807, 2.05) is 0 Å². The molecule has 0 saturated carbocycles. The first kappa shape index (κ1) is 19.8. The number of rotatable bonds is 7. The van der Waals surface area contributed by atoms with Gasteiger partial charge in [0.15, 0.2) is 6.10 Å². The molecule has 7 nitrogen and oxygen atoms in total. The van der Waals surface area contributed by atoms with E-state index < -0.39 is 23.8 Å². The van der Waals surface area contributed by atoms with Crippen LogP contribution in [0.25, 0.3) is 0 Å². The van der Waals surface area contributed by atoms with Crippen LogP contribution in [0.5, 0.6) is 5.75 Å². The molecule has 1 unspecified atom stereocenters. The second-order valence-electron chi connectivity index (χ2n) is 5.98. The Hall–Kier alpha value is -2.28. The first-order valence-electron chi connectivity index (χ1n) is 7.57. The average molecular weight is 339 g/mol. The predicted molar refractivity (Wildman–Crippen MR) is 87.9 cm³/mol. The average Bonchev–Trinajstić information content (AvgIpc) is 2.52. The van der Waals surface area contributed by atoms with Crippen molar-refractivity contribution in [2.45, 2.75) is 32.5 Å². The number of ether oxygens (including phenoxy) is 4. The van der Waals surface area contributed by atoms with E-state index in [4.69, 9.17) is 18.9 Å². The van der Waals surface area contributed by atoms with Crippen LogP contribution in [0.3, 0.4) is 0 Å². The normalized spacial score (nSPS) is 12.2. The van der Waals surface area contributed by atoms with Gasteiger partial charge in [-0.2, -0.15) is 0 Å². The number of benzene rings is 1. The smallest absolute Gasteiger partial charge is 0.407 e. The number of alkyl carbamates (subject to hydrolysis) is 1. The van der Waals surface area contributed by atoms with Crippen LogP contribution in [-0.2, 0) is 19.0 Å². The van der Waals surface area contributed by atoms with E-state index in [1.54, 1.807) is 45.0 Å². The van der Waals surface area contributed by atoms with Gasteiger partial charge in [-0.15, -0.1) is 0 Å². The van der Waals surface area contributed by atoms with Gasteiger partial charge < -0.3 is 24.3 Å². The number of carbonyl (C=O) groups is 2. The van der Waals surface area contributed by atoms with Crippen molar-refractivity contribution in [3.63, 3.8) is 0 Å². The van der Waals surface area contributed by atoms with Gasteiger partial charge in [-0.25, -0.2) is 9.59 Å². The van der Waals surface area contributed by atoms with Gasteiger partial charge in [0.2, 0.25) is 0 Å². The molecule has 0 fully saturated rings. The zero-order chi connectivity index (χ0) is 18.2. The zero-order valence-electron chi connectivity index (χ0n) is 14.8. The molecular weight excluding hydrogens is 314 g/mol. The highest BCUT2D eigenvalue weighted by Crippen LogP contribution is 2.23. The van der Waals surface area contributed by atoms with Gasteiger partial charge in [0.25, 0.3) is 0 Å². The van der Waals surface area contributed by atoms with Crippen LogP contribution in [0.4, 0.5) is 4.79 Å². The molecule has 7 heteroatoms. The lowest BCUT2D eigenvalue weighted by molar-refractivity contribution is -0.154. The molecule has 0 radical (unpaired) electrons. The molecule has 1 aromatic rings. The van der Waals surface area contributed by atoms with Gasteiger partial charge in [0.1, 0.15) is 11.4 Å². The third-order valence-electron chi connectivity index (χ3n) is 2.87. The summed E-state index contributed by atoms with van der Waals surface area (Å²) in [6.45, 7) is 5.65. The van der Waals surface area contributed by atoms with Crippen LogP contribution >= 0.6 is 0 Å². The largest absolute Gasteiger partial charge is 0.497 e. The van der Waals surface area contributed by atoms with Crippen LogP contribution < -0.4 is 10.1 Å². The summed E-state index contributed by atoms with van der Waals surface area (Å²) in [6.07, 6.45) is -1.44. The van der Waals surface area contributed by atoms with Gasteiger partial charge in [-0.1, -0.05) is 12.1 Å². The quantitative estimate of drug-likeness (QED) is 0.607. The minimum absolute atomic E-state index is 0.121. The van der Waals surface area contributed by atoms with Crippen molar-refractivity contribution in [3.05, 3.63) is 29.8 Å². The van der Waals surface area contributed by atoms with Crippen molar-refractivity contribution in [1.29, 1.82) is 0 Å². The Labute approximate surface area is 142 Å². The molecule has 134 valence electrons. The number of hydrogen-bond donors (Lipinski definition) is 1. The molecule has 1 N–H and O–H groups in total. The number of esters is 1. The third kappa shape index (κ3) is 6.87. The summed E-state index contributed by atoms with van der Waals surface area (Å²) >= 11 is 0. The lowest BCUT2D eigenvalue weighted by Crippen LogP contribution is -2.34. The Bertz CT molecular complexity index is 552. The van der Waals surface area contributed by atoms with E-state index in [2.05, 4.69) is 5.32 Å². The van der Waals surface area contributed by atoms with Gasteiger partial charge in [-0.3, -0.25) is 0 Å². The minimum atomic E-state index is -0.898. The van der Waals surface area contributed by atoms with E-state index in [0.29, 0.717) is 11.3 Å². The maximum atomic E-state index is 11.9. The minimum Gasteiger partial charge on any atom is -0.497 e. The number of hydrogen-bond acceptors (Lipinski definition) is 6. The van der Waals surface area contributed by atoms with Crippen molar-refractivity contribution in [2.75, 3.05) is 27.4 Å². The summed E-state index contributed by atoms with van der Waals surface area (Å²) in [6, 6.07) is 6.96. The predicted octanol–water partition coefficient (Wildman–Crippen LogP) is 2.45. The Balaban J connectivity index is 2.59. The van der Waals surface area contributed by atoms with Crippen molar-refractivity contribution >= 4 is 12.1 Å². The van der Waals surface area contributed by atoms with E-state index in [1.165, 1.54) is 14.2 Å². The molecule has 0 bridgehead atoms. The van der Waals surface area contributed by atoms with Crippen molar-refractivity contribution in [3.8, 4) is 5.75 Å². The highest BCUT2D eigenvalue weighted by Gasteiger charge is 2.23. The molecule has 0 heterocycles. The summed E-state index contributed by atoms with van der Waals surface area (Å²) in [5.74, 6) is 0.0809. The maximum absolute atomic E-state index is 11.9. The first-order valence-corrected chi connectivity index (χ1v) is 7.57. The second-order valence-corrected chi connectivity index (χ2v) is 5.98. The van der Waals surface area contributed by atoms with Gasteiger partial charge >= 0.3 is 12.1 Å². The molecule has 0 spiro atoms. The number of amides is 1. The molecule has 0 aliphatic heterocycles. The first-order chi connectivity index (χ1) is 11.3. The fraction of sp³-hybridized carbons (Fsp3) is 0.529. The van der Waals surface area contributed by atoms with Gasteiger partial charge in [0.05, 0.1) is 20.8 Å². The molecule has 0 aromatic heterocycles. The summed E-state index contributed by atoms with van der Waals surface area (Å²) in [5, 5.41) is 2.56. The number of methoxy groups -OCH3 is 2. The second kappa shape index (κ2) is 9.12. The van der Waals surface area contributed by atoms with Crippen molar-refractivity contribution in [1.82, 2.24) is 5.32 Å². The van der Waals surface area contributed by atoms with Crippen LogP contribution in [0.2, 0.25) is 0 Å². The Morgan fingerprint density at radius 3 is 2.50 bits per heavy atom. The highest BCUT2D eigenvalue weighted by molar-refractivity contribution is 5.76. The number of carbonyl (C=O) groups excluding carboxylic acids is 2. The van der Waals surface area contributed by atoms with Crippen LogP contribution in [-0.4, -0.2) is 45.0 Å². The van der Waals surface area contributed by atoms with Gasteiger partial charge in [-0.05, 0) is 38.5 Å². The van der Waals surface area contributed by atoms with E-state index in [-0.39, 0.29) is 13.2 Å². The Morgan fingerprint density at radius 2 is 1.92 bits per heavy atom. The van der Waals surface area contributed by atoms with Crippen molar-refractivity contribution < 1.29 is 28.5 Å². The monoisotopic (exact) mass is 339 g/mol. The van der Waals surface area contributed by atoms with E-state index >= 15 is 0 Å². The Kier molecular flexibility index (Phi) is 7.51. The third-order valence-corrected chi connectivity index (χ3v) is 2.87. The van der Waals surface area contributed by atoms with Crippen LogP contribution in [0.1, 0.15) is 32.4 Å². The SMILES string of the molecule is COC(=O)C(OCCNC(=O)OC(C)(C)C)c1cccc(OC)c1. The fourth-order valence-electron chi connectivity index (χ4n) is 1.86. The molecular formula is C17H25NO6. The summed E-state index contributed by atoms with van der Waals surface area (Å²) < 4.78 is 20.6. The molecule has 1 atom stereocenters. The Morgan fingerprint density at radius 1 is 1.21 bits per heavy atom. The molecule has 0 saturated heterocycles. The molecule has 1 rings (SSSR count). The topological polar surface area (TPSA) is 83.1 Å². The molecule has 1 amide bonds. The maximum Gasteiger partial charge on any atom is 0.407 e. The van der Waals surface area contributed by atoms with Crippen molar-refractivity contribution in [2.24, 2.45) is 0 Å². The molecule has 1 aromatic carbocycles. The fourth-order valence-corrected chi connectivity index (χ4v) is 1.86. The number of nitrogens with one attached hydrogen (secondary N) is 1. The molecule has 24 heavy (non-hydrogen) atoms. The molecule has 0 aliphatic rings. The van der Waals surface area contributed by atoms with Crippen LogP contribution in [0.15, 0.2) is 24.3 Å². The molecule has 0 aliphatic carbocycles. The summed E-state index contributed by atoms with van der Waals surface area (Å²) in [5.41, 5.74) is 0.0403. The van der Waals surface area contributed by atoms with Crippen LogP contribution in [0, 0.1) is 0 Å². The lowest BCUT2D eigenvalue weighted by atomic mass is 10.1. The highest BCUT2D eigenvalue weighted by atomic mass is 16.6. The summed E-state index contributed by atoms with van der Waals surface area (Å²) in [4.78, 5) is 23.5. The zero-order valence-corrected chi connectivity index (χ0v) is 14.8. The van der Waals surface area contributed by atoms with E-state index in [9.17, 15) is 9.59 Å². The summed E-state index contributed by atoms with van der Waals surface area (Å²) in [7, 11) is 2.83. The lowest BCUT2D eigenvalue weighted by Gasteiger charge is -2.20. The van der Waals surface area contributed by atoms with E-state index in [0.717, 1.165) is 0 Å². The van der Waals surface area contributed by atoms with Gasteiger partial charge in [0, 0.05) is 6.54 Å². The standard InChI is InChI=1S/C17H25NO6/c1-17(2,3)24-16(20)18-9-10-23-14(15(19)22-5)12-7-6-8-13(11-12)21-4/h6-8,11,14H,9-10H2,1-5H3,(H,18,20).